The Morgan fingerprint density at radius 3 is 2.33 bits per heavy atom. The summed E-state index contributed by atoms with van der Waals surface area (Å²) in [5, 5.41) is 10.8. The fourth-order valence-electron chi connectivity index (χ4n) is 0.505. The van der Waals surface area contributed by atoms with Gasteiger partial charge in [-0.1, -0.05) is 0 Å². The lowest BCUT2D eigenvalue weighted by atomic mass is 10.4. The maximum atomic E-state index is 11.0. The van der Waals surface area contributed by atoms with Crippen LogP contribution in [0.25, 0.3) is 0 Å². The van der Waals surface area contributed by atoms with Crippen LogP contribution in [-0.2, 0) is 9.59 Å². The molecule has 0 aromatic heterocycles. The summed E-state index contributed by atoms with van der Waals surface area (Å²) in [6.07, 6.45) is 0.803. The van der Waals surface area contributed by atoms with Gasteiger partial charge in [-0.2, -0.15) is 0 Å². The minimum atomic E-state index is -1.15. The zero-order chi connectivity index (χ0) is 9.72. The second-order valence-corrected chi connectivity index (χ2v) is 3.31. The van der Waals surface area contributed by atoms with E-state index in [0.29, 0.717) is 0 Å². The predicted molar refractivity (Wildman–Crippen MR) is 47.9 cm³/mol. The van der Waals surface area contributed by atoms with Crippen LogP contribution in [0.3, 0.4) is 0 Å². The average molecular weight is 236 g/mol. The maximum absolute atomic E-state index is 11.0. The van der Waals surface area contributed by atoms with Crippen molar-refractivity contribution < 1.29 is 14.7 Å². The number of amides is 1. The lowest BCUT2D eigenvalue weighted by Gasteiger charge is -2.06. The number of hydrogen-bond donors (Lipinski definition) is 2. The van der Waals surface area contributed by atoms with Crippen LogP contribution in [0.1, 0.15) is 13.8 Å². The van der Waals surface area contributed by atoms with Gasteiger partial charge < -0.3 is 10.4 Å². The number of carboxylic acid groups (broad SMARTS) is 1. The molecule has 12 heavy (non-hydrogen) atoms. The molecule has 0 aliphatic carbocycles. The third-order valence-electron chi connectivity index (χ3n) is 0.887. The molecule has 0 unspecified atom stereocenters. The van der Waals surface area contributed by atoms with Crippen LogP contribution in [0, 0.1) is 0 Å². The molecular formula is C7H10BrNO3. The summed E-state index contributed by atoms with van der Waals surface area (Å²) in [4.78, 5) is 21.1. The molecule has 0 aromatic carbocycles. The van der Waals surface area contributed by atoms with E-state index >= 15 is 0 Å². The minimum absolute atomic E-state index is 0.00718. The molecule has 0 aliphatic heterocycles. The first kappa shape index (κ1) is 11.2. The number of nitrogens with one attached hydrogen (secondary N) is 1. The molecule has 0 saturated carbocycles. The highest BCUT2D eigenvalue weighted by molar-refractivity contribution is 9.12. The van der Waals surface area contributed by atoms with Crippen LogP contribution < -0.4 is 5.32 Å². The zero-order valence-electron chi connectivity index (χ0n) is 6.80. The summed E-state index contributed by atoms with van der Waals surface area (Å²) in [5.41, 5.74) is 0. The standard InChI is InChI=1S/C7H10BrNO3/c1-4(2)9-7(12)5(8)3-6(10)11/h3-4H,1-2H3,(H,9,12)(H,10,11)/b5-3+. The van der Waals surface area contributed by atoms with Crippen molar-refractivity contribution in [1.29, 1.82) is 0 Å². The predicted octanol–water partition coefficient (Wildman–Crippen LogP) is 0.874. The van der Waals surface area contributed by atoms with Gasteiger partial charge in [-0.15, -0.1) is 0 Å². The average Bonchev–Trinajstić information content (AvgIpc) is 1.84. The number of carboxylic acids is 1. The topological polar surface area (TPSA) is 66.4 Å². The Labute approximate surface area is 78.8 Å². The Bertz CT molecular complexity index is 223. The van der Waals surface area contributed by atoms with Crippen LogP contribution in [0.5, 0.6) is 0 Å². The largest absolute Gasteiger partial charge is 0.478 e. The molecule has 0 bridgehead atoms. The molecule has 0 aliphatic rings. The summed E-state index contributed by atoms with van der Waals surface area (Å²) in [7, 11) is 0. The third kappa shape index (κ3) is 4.90. The number of carbonyl (C=O) groups is 2. The molecule has 0 atom stereocenters. The molecule has 0 saturated heterocycles. The molecule has 0 aromatic rings. The van der Waals surface area contributed by atoms with E-state index in [1.54, 1.807) is 13.8 Å². The van der Waals surface area contributed by atoms with Crippen molar-refractivity contribution in [2.24, 2.45) is 0 Å². The van der Waals surface area contributed by atoms with Gasteiger partial charge in [0.25, 0.3) is 5.91 Å². The van der Waals surface area contributed by atoms with E-state index in [-0.39, 0.29) is 10.5 Å². The highest BCUT2D eigenvalue weighted by Gasteiger charge is 2.08. The Balaban J connectivity index is 4.20. The Hall–Kier alpha value is -0.840. The minimum Gasteiger partial charge on any atom is -0.478 e. The summed E-state index contributed by atoms with van der Waals surface area (Å²) in [6, 6.07) is -0.00718. The first-order valence-electron chi connectivity index (χ1n) is 3.34. The highest BCUT2D eigenvalue weighted by Crippen LogP contribution is 2.04. The molecule has 0 fully saturated rings. The fraction of sp³-hybridized carbons (Fsp3) is 0.429. The molecule has 4 nitrogen and oxygen atoms in total. The first-order chi connectivity index (χ1) is 5.43. The van der Waals surface area contributed by atoms with Gasteiger partial charge in [0.1, 0.15) is 0 Å². The van der Waals surface area contributed by atoms with Crippen molar-refractivity contribution in [1.82, 2.24) is 5.32 Å². The highest BCUT2D eigenvalue weighted by atomic mass is 79.9. The number of carbonyl (C=O) groups excluding carboxylic acids is 1. The Kier molecular flexibility index (Phi) is 4.58. The summed E-state index contributed by atoms with van der Waals surface area (Å²) < 4.78 is 0.0173. The number of hydrogen-bond acceptors (Lipinski definition) is 2. The van der Waals surface area contributed by atoms with Gasteiger partial charge >= 0.3 is 5.97 Å². The van der Waals surface area contributed by atoms with E-state index < -0.39 is 11.9 Å². The second kappa shape index (κ2) is 4.92. The molecule has 5 heteroatoms. The van der Waals surface area contributed by atoms with Crippen LogP contribution in [-0.4, -0.2) is 23.0 Å². The number of rotatable bonds is 3. The number of halogens is 1. The van der Waals surface area contributed by atoms with Crippen LogP contribution in [0.2, 0.25) is 0 Å². The molecule has 2 N–H and O–H groups in total. The molecule has 0 rings (SSSR count). The van der Waals surface area contributed by atoms with Crippen molar-refractivity contribution in [2.45, 2.75) is 19.9 Å². The lowest BCUT2D eigenvalue weighted by Crippen LogP contribution is -2.30. The van der Waals surface area contributed by atoms with Crippen LogP contribution >= 0.6 is 15.9 Å². The van der Waals surface area contributed by atoms with Crippen molar-refractivity contribution in [2.75, 3.05) is 0 Å². The van der Waals surface area contributed by atoms with Gasteiger partial charge in [-0.25, -0.2) is 4.79 Å². The quantitative estimate of drug-likeness (QED) is 0.714. The van der Waals surface area contributed by atoms with Gasteiger partial charge in [0.2, 0.25) is 0 Å². The van der Waals surface area contributed by atoms with Gasteiger partial charge in [0.15, 0.2) is 0 Å². The van der Waals surface area contributed by atoms with Crippen molar-refractivity contribution in [3.8, 4) is 0 Å². The van der Waals surface area contributed by atoms with E-state index in [1.807, 2.05) is 0 Å². The molecule has 0 spiro atoms. The van der Waals surface area contributed by atoms with E-state index in [1.165, 1.54) is 0 Å². The summed E-state index contributed by atoms with van der Waals surface area (Å²) in [6.45, 7) is 3.58. The maximum Gasteiger partial charge on any atom is 0.329 e. The van der Waals surface area contributed by atoms with E-state index in [4.69, 9.17) is 5.11 Å². The van der Waals surface area contributed by atoms with Crippen molar-refractivity contribution in [3.63, 3.8) is 0 Å². The first-order valence-corrected chi connectivity index (χ1v) is 4.13. The normalized spacial score (nSPS) is 11.5. The van der Waals surface area contributed by atoms with Crippen molar-refractivity contribution >= 4 is 27.8 Å². The van der Waals surface area contributed by atoms with Gasteiger partial charge in [0, 0.05) is 12.1 Å². The summed E-state index contributed by atoms with van der Waals surface area (Å²) in [5.74, 6) is -1.58. The zero-order valence-corrected chi connectivity index (χ0v) is 8.38. The lowest BCUT2D eigenvalue weighted by molar-refractivity contribution is -0.131. The monoisotopic (exact) mass is 235 g/mol. The third-order valence-corrected chi connectivity index (χ3v) is 1.48. The number of aliphatic carboxylic acids is 1. The molecular weight excluding hydrogens is 226 g/mol. The molecule has 0 heterocycles. The molecule has 68 valence electrons. The molecule has 0 radical (unpaired) electrons. The van der Waals surface area contributed by atoms with Gasteiger partial charge in [-0.05, 0) is 29.8 Å². The fourth-order valence-corrected chi connectivity index (χ4v) is 0.815. The molecule has 1 amide bonds. The van der Waals surface area contributed by atoms with E-state index in [0.717, 1.165) is 6.08 Å². The SMILES string of the molecule is CC(C)NC(=O)/C(Br)=C\C(=O)O. The van der Waals surface area contributed by atoms with Gasteiger partial charge in [-0.3, -0.25) is 4.79 Å². The van der Waals surface area contributed by atoms with Gasteiger partial charge in [0.05, 0.1) is 4.48 Å². The Morgan fingerprint density at radius 1 is 1.50 bits per heavy atom. The van der Waals surface area contributed by atoms with Crippen molar-refractivity contribution in [3.05, 3.63) is 10.6 Å². The van der Waals surface area contributed by atoms with Crippen LogP contribution in [0.4, 0.5) is 0 Å². The second-order valence-electron chi connectivity index (χ2n) is 2.46. The van der Waals surface area contributed by atoms with E-state index in [2.05, 4.69) is 21.2 Å². The van der Waals surface area contributed by atoms with E-state index in [9.17, 15) is 9.59 Å². The Morgan fingerprint density at radius 2 is 2.00 bits per heavy atom. The summed E-state index contributed by atoms with van der Waals surface area (Å²) >= 11 is 2.84. The smallest absolute Gasteiger partial charge is 0.329 e. The van der Waals surface area contributed by atoms with Crippen LogP contribution in [0.15, 0.2) is 10.6 Å².